The number of benzene rings is 1. The van der Waals surface area contributed by atoms with E-state index in [2.05, 4.69) is 12.2 Å². The van der Waals surface area contributed by atoms with Gasteiger partial charge in [0, 0.05) is 12.6 Å². The van der Waals surface area contributed by atoms with Gasteiger partial charge in [0.1, 0.15) is 5.69 Å². The Morgan fingerprint density at radius 2 is 2.22 bits per heavy atom. The number of hydrogen-bond acceptors (Lipinski definition) is 4. The highest BCUT2D eigenvalue weighted by Gasteiger charge is 2.31. The van der Waals surface area contributed by atoms with Crippen LogP contribution in [-0.4, -0.2) is 16.6 Å². The van der Waals surface area contributed by atoms with E-state index in [1.54, 1.807) is 12.1 Å². The van der Waals surface area contributed by atoms with Gasteiger partial charge in [0.2, 0.25) is 0 Å². The molecule has 0 saturated heterocycles. The van der Waals surface area contributed by atoms with Crippen molar-refractivity contribution in [2.24, 2.45) is 5.41 Å². The van der Waals surface area contributed by atoms with E-state index in [9.17, 15) is 10.1 Å². The van der Waals surface area contributed by atoms with Crippen molar-refractivity contribution in [2.45, 2.75) is 32.8 Å². The average molecular weight is 250 g/mol. The molecular formula is C13H18N2O3. The molecule has 98 valence electrons. The highest BCUT2D eigenvalue weighted by Crippen LogP contribution is 2.40. The van der Waals surface area contributed by atoms with Crippen LogP contribution < -0.4 is 5.32 Å². The summed E-state index contributed by atoms with van der Waals surface area (Å²) in [5, 5.41) is 23.2. The number of aliphatic hydroxyl groups excluding tert-OH is 1. The van der Waals surface area contributed by atoms with Crippen molar-refractivity contribution in [2.75, 3.05) is 11.9 Å². The normalized spacial score (nSPS) is 17.0. The zero-order chi connectivity index (χ0) is 13.2. The van der Waals surface area contributed by atoms with Crippen LogP contribution in [0.2, 0.25) is 0 Å². The first-order valence-electron chi connectivity index (χ1n) is 6.16. The fourth-order valence-electron chi connectivity index (χ4n) is 2.25. The number of aliphatic hydroxyl groups is 1. The number of nitro benzene ring substituents is 1. The number of rotatable bonds is 5. The fourth-order valence-corrected chi connectivity index (χ4v) is 2.25. The Labute approximate surface area is 106 Å². The van der Waals surface area contributed by atoms with Crippen molar-refractivity contribution in [1.29, 1.82) is 0 Å². The third-order valence-electron chi connectivity index (χ3n) is 3.71. The molecular weight excluding hydrogens is 232 g/mol. The smallest absolute Gasteiger partial charge is 0.292 e. The molecule has 5 heteroatoms. The van der Waals surface area contributed by atoms with Crippen LogP contribution in [-0.2, 0) is 6.61 Å². The number of nitrogens with one attached hydrogen (secondary N) is 1. The van der Waals surface area contributed by atoms with Crippen molar-refractivity contribution in [3.63, 3.8) is 0 Å². The molecule has 1 saturated carbocycles. The van der Waals surface area contributed by atoms with Gasteiger partial charge < -0.3 is 10.4 Å². The molecule has 2 rings (SSSR count). The van der Waals surface area contributed by atoms with Crippen LogP contribution in [0.4, 0.5) is 11.4 Å². The lowest BCUT2D eigenvalue weighted by atomic mass is 9.70. The van der Waals surface area contributed by atoms with Crippen LogP contribution in [0.5, 0.6) is 0 Å². The van der Waals surface area contributed by atoms with Crippen molar-refractivity contribution >= 4 is 11.4 Å². The third-order valence-corrected chi connectivity index (χ3v) is 3.71. The van der Waals surface area contributed by atoms with Crippen molar-refractivity contribution < 1.29 is 10.0 Å². The van der Waals surface area contributed by atoms with Crippen LogP contribution in [0.25, 0.3) is 0 Å². The summed E-state index contributed by atoms with van der Waals surface area (Å²) >= 11 is 0. The lowest BCUT2D eigenvalue weighted by Crippen LogP contribution is -2.33. The van der Waals surface area contributed by atoms with Gasteiger partial charge in [0.05, 0.1) is 11.5 Å². The lowest BCUT2D eigenvalue weighted by molar-refractivity contribution is -0.384. The molecule has 0 amide bonds. The molecule has 0 unspecified atom stereocenters. The molecule has 2 N–H and O–H groups in total. The second kappa shape index (κ2) is 4.94. The molecule has 1 aliphatic rings. The van der Waals surface area contributed by atoms with Gasteiger partial charge in [0.15, 0.2) is 0 Å². The minimum atomic E-state index is -0.396. The Kier molecular flexibility index (Phi) is 3.52. The van der Waals surface area contributed by atoms with Crippen molar-refractivity contribution in [3.05, 3.63) is 33.9 Å². The summed E-state index contributed by atoms with van der Waals surface area (Å²) in [6.07, 6.45) is 3.55. The maximum Gasteiger partial charge on any atom is 0.292 e. The summed E-state index contributed by atoms with van der Waals surface area (Å²) < 4.78 is 0. The van der Waals surface area contributed by atoms with E-state index < -0.39 is 4.92 Å². The van der Waals surface area contributed by atoms with Crippen LogP contribution in [0, 0.1) is 15.5 Å². The molecule has 5 nitrogen and oxygen atoms in total. The second-order valence-electron chi connectivity index (χ2n) is 5.28. The molecule has 0 aliphatic heterocycles. The molecule has 18 heavy (non-hydrogen) atoms. The predicted molar refractivity (Wildman–Crippen MR) is 69.5 cm³/mol. The average Bonchev–Trinajstić information content (AvgIpc) is 2.33. The summed E-state index contributed by atoms with van der Waals surface area (Å²) in [5.74, 6) is 0. The van der Waals surface area contributed by atoms with Gasteiger partial charge in [-0.2, -0.15) is 0 Å². The molecule has 0 atom stereocenters. The van der Waals surface area contributed by atoms with E-state index in [0.717, 1.165) is 19.4 Å². The van der Waals surface area contributed by atoms with E-state index in [0.29, 0.717) is 11.3 Å². The SMILES string of the molecule is CC1(CNc2cc(CO)ccc2[N+](=O)[O-])CCC1. The fraction of sp³-hybridized carbons (Fsp3) is 0.538. The van der Waals surface area contributed by atoms with E-state index >= 15 is 0 Å². The quantitative estimate of drug-likeness (QED) is 0.622. The van der Waals surface area contributed by atoms with Gasteiger partial charge in [-0.15, -0.1) is 0 Å². The van der Waals surface area contributed by atoms with Gasteiger partial charge in [-0.25, -0.2) is 0 Å². The van der Waals surface area contributed by atoms with Gasteiger partial charge in [-0.3, -0.25) is 10.1 Å². The van der Waals surface area contributed by atoms with E-state index in [1.807, 2.05) is 0 Å². The van der Waals surface area contributed by atoms with Gasteiger partial charge in [-0.1, -0.05) is 13.3 Å². The molecule has 1 aromatic rings. The lowest BCUT2D eigenvalue weighted by Gasteiger charge is -2.38. The summed E-state index contributed by atoms with van der Waals surface area (Å²) in [6.45, 7) is 2.82. The molecule has 0 radical (unpaired) electrons. The third kappa shape index (κ3) is 2.61. The number of hydrogen-bond donors (Lipinski definition) is 2. The van der Waals surface area contributed by atoms with Crippen LogP contribution in [0.1, 0.15) is 31.7 Å². The summed E-state index contributed by atoms with van der Waals surface area (Å²) in [7, 11) is 0. The summed E-state index contributed by atoms with van der Waals surface area (Å²) in [6, 6.07) is 4.67. The largest absolute Gasteiger partial charge is 0.392 e. The molecule has 0 heterocycles. The highest BCUT2D eigenvalue weighted by molar-refractivity contribution is 5.62. The Morgan fingerprint density at radius 3 is 2.72 bits per heavy atom. The minimum Gasteiger partial charge on any atom is -0.392 e. The molecule has 0 spiro atoms. The van der Waals surface area contributed by atoms with E-state index in [4.69, 9.17) is 5.11 Å². The first-order chi connectivity index (χ1) is 8.54. The van der Waals surface area contributed by atoms with Crippen molar-refractivity contribution in [3.8, 4) is 0 Å². The second-order valence-corrected chi connectivity index (χ2v) is 5.28. The maximum atomic E-state index is 10.9. The van der Waals surface area contributed by atoms with E-state index in [-0.39, 0.29) is 17.7 Å². The summed E-state index contributed by atoms with van der Waals surface area (Å²) in [4.78, 5) is 10.5. The molecule has 0 aromatic heterocycles. The highest BCUT2D eigenvalue weighted by atomic mass is 16.6. The maximum absolute atomic E-state index is 10.9. The standard InChI is InChI=1S/C13H18N2O3/c1-13(5-2-6-13)9-14-11-7-10(8-16)3-4-12(11)15(17)18/h3-4,7,14,16H,2,5-6,8-9H2,1H3. The number of nitro groups is 1. The van der Waals surface area contributed by atoms with Crippen LogP contribution >= 0.6 is 0 Å². The Morgan fingerprint density at radius 1 is 1.50 bits per heavy atom. The molecule has 0 bridgehead atoms. The van der Waals surface area contributed by atoms with Gasteiger partial charge >= 0.3 is 0 Å². The Balaban J connectivity index is 2.15. The van der Waals surface area contributed by atoms with E-state index in [1.165, 1.54) is 12.5 Å². The first-order valence-corrected chi connectivity index (χ1v) is 6.16. The zero-order valence-electron chi connectivity index (χ0n) is 10.5. The van der Waals surface area contributed by atoms with Crippen molar-refractivity contribution in [1.82, 2.24) is 0 Å². The Bertz CT molecular complexity index is 456. The Hall–Kier alpha value is -1.62. The summed E-state index contributed by atoms with van der Waals surface area (Å²) in [5.41, 5.74) is 1.50. The van der Waals surface area contributed by atoms with Gasteiger partial charge in [0.25, 0.3) is 5.69 Å². The van der Waals surface area contributed by atoms with Crippen LogP contribution in [0.15, 0.2) is 18.2 Å². The number of anilines is 1. The monoisotopic (exact) mass is 250 g/mol. The predicted octanol–water partition coefficient (Wildman–Crippen LogP) is 2.69. The molecule has 1 fully saturated rings. The molecule has 1 aromatic carbocycles. The molecule has 1 aliphatic carbocycles. The zero-order valence-corrected chi connectivity index (χ0v) is 10.5. The van der Waals surface area contributed by atoms with Gasteiger partial charge in [-0.05, 0) is 36.0 Å². The number of nitrogens with zero attached hydrogens (tertiary/aromatic N) is 1. The van der Waals surface area contributed by atoms with Crippen LogP contribution in [0.3, 0.4) is 0 Å². The first kappa shape index (κ1) is 12.8. The topological polar surface area (TPSA) is 75.4 Å². The minimum absolute atomic E-state index is 0.0649.